The van der Waals surface area contributed by atoms with Gasteiger partial charge in [0.15, 0.2) is 5.82 Å². The van der Waals surface area contributed by atoms with E-state index in [1.807, 2.05) is 17.5 Å². The van der Waals surface area contributed by atoms with Crippen LogP contribution in [0.2, 0.25) is 0 Å². The number of hydrogen-bond acceptors (Lipinski definition) is 7. The van der Waals surface area contributed by atoms with Crippen LogP contribution in [0.25, 0.3) is 10.6 Å². The fourth-order valence-electron chi connectivity index (χ4n) is 3.09. The van der Waals surface area contributed by atoms with Gasteiger partial charge in [-0.2, -0.15) is 0 Å². The largest absolute Gasteiger partial charge is 0.355 e. The van der Waals surface area contributed by atoms with Crippen LogP contribution in [0, 0.1) is 0 Å². The smallest absolute Gasteiger partial charge is 0.230 e. The average molecular weight is 369 g/mol. The quantitative estimate of drug-likeness (QED) is 0.736. The van der Waals surface area contributed by atoms with Crippen molar-refractivity contribution in [2.75, 3.05) is 6.54 Å². The molecular weight excluding hydrogens is 350 g/mol. The van der Waals surface area contributed by atoms with Gasteiger partial charge in [0.25, 0.3) is 0 Å². The summed E-state index contributed by atoms with van der Waals surface area (Å²) < 4.78 is 1.75. The average Bonchev–Trinajstić information content (AvgIpc) is 3.28. The molecule has 3 aromatic rings. The van der Waals surface area contributed by atoms with Crippen molar-refractivity contribution in [1.29, 1.82) is 0 Å². The molecule has 0 spiro atoms. The lowest BCUT2D eigenvalue weighted by molar-refractivity contribution is -0.122. The Bertz CT molecular complexity index is 876. The van der Waals surface area contributed by atoms with Gasteiger partial charge in [-0.05, 0) is 35.4 Å². The minimum absolute atomic E-state index is 0.00865. The SMILES string of the molecule is O=C(NCCc1csc(-c2cccnc2)n1)C1CCCCn2nnnc21. The van der Waals surface area contributed by atoms with Crippen molar-refractivity contribution >= 4 is 17.2 Å². The second-order valence-electron chi connectivity index (χ2n) is 6.24. The van der Waals surface area contributed by atoms with Crippen molar-refractivity contribution in [3.05, 3.63) is 41.4 Å². The number of nitrogens with one attached hydrogen (secondary N) is 1. The van der Waals surface area contributed by atoms with Crippen molar-refractivity contribution < 1.29 is 4.79 Å². The fourth-order valence-corrected chi connectivity index (χ4v) is 3.93. The Balaban J connectivity index is 1.34. The van der Waals surface area contributed by atoms with Gasteiger partial charge in [0, 0.05) is 42.8 Å². The number of carbonyl (C=O) groups excluding carboxylic acids is 1. The normalized spacial score (nSPS) is 16.7. The monoisotopic (exact) mass is 369 g/mol. The van der Waals surface area contributed by atoms with Gasteiger partial charge >= 0.3 is 0 Å². The van der Waals surface area contributed by atoms with E-state index in [4.69, 9.17) is 0 Å². The van der Waals surface area contributed by atoms with Crippen molar-refractivity contribution in [2.45, 2.75) is 38.1 Å². The topological polar surface area (TPSA) is 98.5 Å². The lowest BCUT2D eigenvalue weighted by Gasteiger charge is -2.13. The first kappa shape index (κ1) is 16.8. The maximum atomic E-state index is 12.6. The number of aromatic nitrogens is 6. The molecule has 0 saturated heterocycles. The molecule has 4 heterocycles. The second-order valence-corrected chi connectivity index (χ2v) is 7.09. The van der Waals surface area contributed by atoms with Crippen LogP contribution in [0.15, 0.2) is 29.9 Å². The van der Waals surface area contributed by atoms with E-state index in [2.05, 4.69) is 30.8 Å². The van der Waals surface area contributed by atoms with E-state index in [-0.39, 0.29) is 11.8 Å². The summed E-state index contributed by atoms with van der Waals surface area (Å²) in [6.45, 7) is 1.33. The van der Waals surface area contributed by atoms with E-state index in [0.29, 0.717) is 18.8 Å². The third kappa shape index (κ3) is 3.62. The Morgan fingerprint density at radius 3 is 3.23 bits per heavy atom. The molecule has 1 amide bonds. The Hall–Kier alpha value is -2.68. The standard InChI is InChI=1S/C17H19N7OS/c25-16(14-5-1-2-9-24-15(14)21-22-23-24)19-8-6-13-11-26-17(20-13)12-4-3-7-18-10-12/h3-4,7,10-11,14H,1-2,5-6,8-9H2,(H,19,25). The zero-order valence-electron chi connectivity index (χ0n) is 14.2. The highest BCUT2D eigenvalue weighted by atomic mass is 32.1. The van der Waals surface area contributed by atoms with Gasteiger partial charge in [-0.25, -0.2) is 9.67 Å². The van der Waals surface area contributed by atoms with Crippen LogP contribution in [-0.4, -0.2) is 42.6 Å². The highest BCUT2D eigenvalue weighted by Gasteiger charge is 2.28. The summed E-state index contributed by atoms with van der Waals surface area (Å²) in [5.41, 5.74) is 1.98. The predicted molar refractivity (Wildman–Crippen MR) is 96.5 cm³/mol. The van der Waals surface area contributed by atoms with Crippen molar-refractivity contribution in [3.8, 4) is 10.6 Å². The number of aryl methyl sites for hydroxylation is 1. The molecule has 26 heavy (non-hydrogen) atoms. The number of pyridine rings is 1. The lowest BCUT2D eigenvalue weighted by Crippen LogP contribution is -2.32. The Morgan fingerprint density at radius 2 is 2.35 bits per heavy atom. The van der Waals surface area contributed by atoms with Gasteiger partial charge in [0.2, 0.25) is 5.91 Å². The van der Waals surface area contributed by atoms with Crippen LogP contribution < -0.4 is 5.32 Å². The summed E-state index contributed by atoms with van der Waals surface area (Å²) in [6.07, 6.45) is 7.02. The van der Waals surface area contributed by atoms with Crippen LogP contribution in [0.1, 0.15) is 36.7 Å². The van der Waals surface area contributed by atoms with E-state index in [0.717, 1.165) is 42.1 Å². The Morgan fingerprint density at radius 1 is 1.38 bits per heavy atom. The molecule has 1 unspecified atom stereocenters. The molecule has 0 aliphatic carbocycles. The van der Waals surface area contributed by atoms with Gasteiger partial charge in [-0.1, -0.05) is 6.42 Å². The van der Waals surface area contributed by atoms with E-state index in [1.165, 1.54) is 0 Å². The number of amides is 1. The van der Waals surface area contributed by atoms with Gasteiger partial charge in [0.05, 0.1) is 11.6 Å². The van der Waals surface area contributed by atoms with Gasteiger partial charge in [-0.3, -0.25) is 9.78 Å². The highest BCUT2D eigenvalue weighted by molar-refractivity contribution is 7.13. The molecule has 1 aliphatic heterocycles. The van der Waals surface area contributed by atoms with E-state index in [9.17, 15) is 4.79 Å². The van der Waals surface area contributed by atoms with Crippen molar-refractivity contribution in [1.82, 2.24) is 35.5 Å². The molecule has 3 aromatic heterocycles. The molecule has 8 nitrogen and oxygen atoms in total. The molecule has 1 aliphatic rings. The predicted octanol–water partition coefficient (Wildman–Crippen LogP) is 1.82. The van der Waals surface area contributed by atoms with E-state index < -0.39 is 0 Å². The summed E-state index contributed by atoms with van der Waals surface area (Å²) in [5, 5.41) is 17.7. The first-order chi connectivity index (χ1) is 12.8. The van der Waals surface area contributed by atoms with Crippen molar-refractivity contribution in [2.24, 2.45) is 0 Å². The third-order valence-electron chi connectivity index (χ3n) is 4.44. The van der Waals surface area contributed by atoms with Gasteiger partial charge in [-0.15, -0.1) is 16.4 Å². The Kier molecular flexibility index (Phi) is 4.96. The zero-order chi connectivity index (χ0) is 17.8. The van der Waals surface area contributed by atoms with Crippen LogP contribution >= 0.6 is 11.3 Å². The molecule has 0 aromatic carbocycles. The number of rotatable bonds is 5. The summed E-state index contributed by atoms with van der Waals surface area (Å²) in [6, 6.07) is 3.89. The maximum absolute atomic E-state index is 12.6. The zero-order valence-corrected chi connectivity index (χ0v) is 15.0. The van der Waals surface area contributed by atoms with Crippen LogP contribution in [0.5, 0.6) is 0 Å². The number of thiazole rings is 1. The molecule has 9 heteroatoms. The van der Waals surface area contributed by atoms with E-state index in [1.54, 1.807) is 28.4 Å². The molecule has 134 valence electrons. The number of carbonyl (C=O) groups is 1. The number of hydrogen-bond donors (Lipinski definition) is 1. The number of tetrazole rings is 1. The van der Waals surface area contributed by atoms with Crippen molar-refractivity contribution in [3.63, 3.8) is 0 Å². The van der Waals surface area contributed by atoms with Gasteiger partial charge < -0.3 is 5.32 Å². The highest BCUT2D eigenvalue weighted by Crippen LogP contribution is 2.24. The van der Waals surface area contributed by atoms with Crippen LogP contribution in [-0.2, 0) is 17.8 Å². The van der Waals surface area contributed by atoms with Crippen LogP contribution in [0.3, 0.4) is 0 Å². The summed E-state index contributed by atoms with van der Waals surface area (Å²) in [7, 11) is 0. The first-order valence-corrected chi connectivity index (χ1v) is 9.58. The Labute approximate surface area is 154 Å². The number of fused-ring (bicyclic) bond motifs is 1. The molecule has 0 saturated carbocycles. The van der Waals surface area contributed by atoms with E-state index >= 15 is 0 Å². The lowest BCUT2D eigenvalue weighted by atomic mass is 10.0. The molecule has 0 bridgehead atoms. The maximum Gasteiger partial charge on any atom is 0.230 e. The third-order valence-corrected chi connectivity index (χ3v) is 5.38. The van der Waals surface area contributed by atoms with Gasteiger partial charge in [0.1, 0.15) is 5.01 Å². The van der Waals surface area contributed by atoms with Crippen LogP contribution in [0.4, 0.5) is 0 Å². The molecular formula is C17H19N7OS. The molecule has 1 N–H and O–H groups in total. The fraction of sp³-hybridized carbons (Fsp3) is 0.412. The summed E-state index contributed by atoms with van der Waals surface area (Å²) in [4.78, 5) is 21.3. The molecule has 4 rings (SSSR count). The minimum atomic E-state index is -0.270. The second kappa shape index (κ2) is 7.69. The molecule has 0 fully saturated rings. The summed E-state index contributed by atoms with van der Waals surface area (Å²) in [5.74, 6) is 0.395. The minimum Gasteiger partial charge on any atom is -0.355 e. The molecule has 1 atom stereocenters. The first-order valence-electron chi connectivity index (χ1n) is 8.70. The number of nitrogens with zero attached hydrogens (tertiary/aromatic N) is 6. The molecule has 0 radical (unpaired) electrons. The summed E-state index contributed by atoms with van der Waals surface area (Å²) >= 11 is 1.59.